The monoisotopic (exact) mass is 270 g/mol. The largest absolute Gasteiger partial charge is 0.463 e. The van der Waals surface area contributed by atoms with E-state index in [9.17, 15) is 9.59 Å². The maximum atomic E-state index is 12.0. The Kier molecular flexibility index (Phi) is 7.42. The number of carbonyl (C=O) groups is 2. The van der Waals surface area contributed by atoms with Gasteiger partial charge in [-0.2, -0.15) is 0 Å². The lowest BCUT2D eigenvalue weighted by atomic mass is 9.85. The van der Waals surface area contributed by atoms with E-state index in [0.29, 0.717) is 37.2 Å². The maximum absolute atomic E-state index is 12.0. The van der Waals surface area contributed by atoms with E-state index in [1.807, 2.05) is 27.7 Å². The van der Waals surface area contributed by atoms with Crippen LogP contribution in [0.15, 0.2) is 11.1 Å². The molecule has 0 heterocycles. The van der Waals surface area contributed by atoms with Gasteiger partial charge in [0.1, 0.15) is 0 Å². The van der Waals surface area contributed by atoms with Crippen molar-refractivity contribution >= 4 is 11.9 Å². The molecule has 4 heteroatoms. The number of ether oxygens (including phenoxy) is 2. The van der Waals surface area contributed by atoms with Gasteiger partial charge in [-0.15, -0.1) is 0 Å². The van der Waals surface area contributed by atoms with Crippen LogP contribution in [-0.4, -0.2) is 25.2 Å². The molecule has 0 aromatic rings. The second kappa shape index (κ2) is 7.97. The lowest BCUT2D eigenvalue weighted by Crippen LogP contribution is -2.20. The fraction of sp³-hybridized carbons (Fsp3) is 0.733. The van der Waals surface area contributed by atoms with Crippen molar-refractivity contribution in [2.24, 2.45) is 5.41 Å². The van der Waals surface area contributed by atoms with Gasteiger partial charge in [0.25, 0.3) is 0 Å². The Hall–Kier alpha value is -1.32. The Morgan fingerprint density at radius 3 is 1.58 bits per heavy atom. The summed E-state index contributed by atoms with van der Waals surface area (Å²) < 4.78 is 10.1. The normalized spacial score (nSPS) is 12.7. The minimum atomic E-state index is -0.419. The van der Waals surface area contributed by atoms with Crippen LogP contribution < -0.4 is 0 Å². The van der Waals surface area contributed by atoms with Crippen molar-refractivity contribution in [2.75, 3.05) is 13.2 Å². The van der Waals surface area contributed by atoms with Crippen LogP contribution in [0.2, 0.25) is 0 Å². The van der Waals surface area contributed by atoms with Crippen LogP contribution in [0.1, 0.15) is 54.4 Å². The standard InChI is InChI=1S/C15H26O4/c1-7-11(13(16)18-8-2)12(10-15(4,5)6)14(17)19-9-3/h7-10H2,1-6H3/b12-11-. The zero-order valence-electron chi connectivity index (χ0n) is 13.0. The molecule has 0 aromatic heterocycles. The van der Waals surface area contributed by atoms with Gasteiger partial charge in [0.2, 0.25) is 0 Å². The third-order valence-electron chi connectivity index (χ3n) is 2.47. The molecule has 4 nitrogen and oxygen atoms in total. The minimum Gasteiger partial charge on any atom is -0.463 e. The van der Waals surface area contributed by atoms with E-state index < -0.39 is 11.9 Å². The lowest BCUT2D eigenvalue weighted by Gasteiger charge is -2.21. The summed E-state index contributed by atoms with van der Waals surface area (Å²) in [6.07, 6.45) is 0.955. The van der Waals surface area contributed by atoms with E-state index in [1.165, 1.54) is 0 Å². The van der Waals surface area contributed by atoms with Gasteiger partial charge in [-0.05, 0) is 32.1 Å². The number of rotatable bonds is 6. The quantitative estimate of drug-likeness (QED) is 0.549. The van der Waals surface area contributed by atoms with Gasteiger partial charge in [0.15, 0.2) is 0 Å². The van der Waals surface area contributed by atoms with E-state index in [-0.39, 0.29) is 5.41 Å². The summed E-state index contributed by atoms with van der Waals surface area (Å²) in [4.78, 5) is 24.0. The van der Waals surface area contributed by atoms with Crippen LogP contribution in [0.25, 0.3) is 0 Å². The van der Waals surface area contributed by atoms with Crippen molar-refractivity contribution in [2.45, 2.75) is 54.4 Å². The second-order valence-electron chi connectivity index (χ2n) is 5.49. The van der Waals surface area contributed by atoms with Crippen LogP contribution in [0, 0.1) is 5.41 Å². The average Bonchev–Trinajstić information content (AvgIpc) is 2.27. The summed E-state index contributed by atoms with van der Waals surface area (Å²) in [5.74, 6) is -0.834. The summed E-state index contributed by atoms with van der Waals surface area (Å²) in [7, 11) is 0. The summed E-state index contributed by atoms with van der Waals surface area (Å²) in [5, 5.41) is 0. The SMILES string of the molecule is CCOC(=O)/C(CC)=C(/CC(C)(C)C)C(=O)OCC. The fourth-order valence-corrected chi connectivity index (χ4v) is 1.75. The van der Waals surface area contributed by atoms with Gasteiger partial charge in [-0.25, -0.2) is 9.59 Å². The number of carbonyl (C=O) groups excluding carboxylic acids is 2. The first-order chi connectivity index (χ1) is 8.76. The molecule has 0 aliphatic carbocycles. The highest BCUT2D eigenvalue weighted by Crippen LogP contribution is 2.28. The zero-order valence-corrected chi connectivity index (χ0v) is 13.0. The number of esters is 2. The molecule has 0 saturated carbocycles. The Bertz CT molecular complexity index is 348. The highest BCUT2D eigenvalue weighted by atomic mass is 16.5. The molecule has 0 aromatic carbocycles. The molecule has 0 saturated heterocycles. The molecule has 0 spiro atoms. The van der Waals surface area contributed by atoms with Gasteiger partial charge >= 0.3 is 11.9 Å². The molecule has 0 fully saturated rings. The van der Waals surface area contributed by atoms with Crippen molar-refractivity contribution in [3.05, 3.63) is 11.1 Å². The van der Waals surface area contributed by atoms with Crippen molar-refractivity contribution < 1.29 is 19.1 Å². The first kappa shape index (κ1) is 17.7. The molecule has 0 rings (SSSR count). The van der Waals surface area contributed by atoms with Crippen LogP contribution in [0.5, 0.6) is 0 Å². The summed E-state index contributed by atoms with van der Waals surface area (Å²) in [5.41, 5.74) is 0.764. The van der Waals surface area contributed by atoms with E-state index in [0.717, 1.165) is 0 Å². The van der Waals surface area contributed by atoms with E-state index in [4.69, 9.17) is 9.47 Å². The first-order valence-electron chi connectivity index (χ1n) is 6.83. The molecule has 0 aliphatic heterocycles. The van der Waals surface area contributed by atoms with Gasteiger partial charge < -0.3 is 9.47 Å². The van der Waals surface area contributed by atoms with Crippen LogP contribution >= 0.6 is 0 Å². The van der Waals surface area contributed by atoms with Crippen molar-refractivity contribution in [3.8, 4) is 0 Å². The Morgan fingerprint density at radius 2 is 1.26 bits per heavy atom. The highest BCUT2D eigenvalue weighted by molar-refractivity contribution is 6.00. The van der Waals surface area contributed by atoms with Crippen molar-refractivity contribution in [1.82, 2.24) is 0 Å². The Balaban J connectivity index is 5.47. The highest BCUT2D eigenvalue weighted by Gasteiger charge is 2.26. The second-order valence-corrected chi connectivity index (χ2v) is 5.49. The van der Waals surface area contributed by atoms with Crippen molar-refractivity contribution in [3.63, 3.8) is 0 Å². The molecule has 0 amide bonds. The molecular formula is C15H26O4. The number of hydrogen-bond acceptors (Lipinski definition) is 4. The molecule has 0 unspecified atom stereocenters. The van der Waals surface area contributed by atoms with E-state index in [1.54, 1.807) is 13.8 Å². The Morgan fingerprint density at radius 1 is 0.842 bits per heavy atom. The molecule has 0 atom stereocenters. The van der Waals surface area contributed by atoms with E-state index in [2.05, 4.69) is 0 Å². The van der Waals surface area contributed by atoms with Crippen LogP contribution in [0.3, 0.4) is 0 Å². The molecule has 0 bridgehead atoms. The maximum Gasteiger partial charge on any atom is 0.334 e. The van der Waals surface area contributed by atoms with Gasteiger partial charge in [-0.1, -0.05) is 27.7 Å². The van der Waals surface area contributed by atoms with Gasteiger partial charge in [0.05, 0.1) is 13.2 Å². The predicted octanol–water partition coefficient (Wildman–Crippen LogP) is 3.26. The van der Waals surface area contributed by atoms with E-state index >= 15 is 0 Å². The fourth-order valence-electron chi connectivity index (χ4n) is 1.75. The topological polar surface area (TPSA) is 52.6 Å². The molecule has 110 valence electrons. The first-order valence-corrected chi connectivity index (χ1v) is 6.83. The van der Waals surface area contributed by atoms with Gasteiger partial charge in [-0.3, -0.25) is 0 Å². The molecule has 19 heavy (non-hydrogen) atoms. The lowest BCUT2D eigenvalue weighted by molar-refractivity contribution is -0.142. The Labute approximate surface area is 116 Å². The smallest absolute Gasteiger partial charge is 0.334 e. The van der Waals surface area contributed by atoms with Gasteiger partial charge in [0, 0.05) is 11.1 Å². The molecule has 0 radical (unpaired) electrons. The summed E-state index contributed by atoms with van der Waals surface area (Å²) >= 11 is 0. The predicted molar refractivity (Wildman–Crippen MR) is 74.7 cm³/mol. The zero-order chi connectivity index (χ0) is 15.1. The third-order valence-corrected chi connectivity index (χ3v) is 2.47. The van der Waals surface area contributed by atoms with Crippen LogP contribution in [-0.2, 0) is 19.1 Å². The number of hydrogen-bond donors (Lipinski definition) is 0. The minimum absolute atomic E-state index is 0.102. The molecule has 0 N–H and O–H groups in total. The molecule has 0 aliphatic rings. The molecular weight excluding hydrogens is 244 g/mol. The van der Waals surface area contributed by atoms with Crippen molar-refractivity contribution in [1.29, 1.82) is 0 Å². The van der Waals surface area contributed by atoms with Crippen LogP contribution in [0.4, 0.5) is 0 Å². The average molecular weight is 270 g/mol. The summed E-state index contributed by atoms with van der Waals surface area (Å²) in [6, 6.07) is 0. The third kappa shape index (κ3) is 6.41. The summed E-state index contributed by atoms with van der Waals surface area (Å²) in [6.45, 7) is 12.0.